The van der Waals surface area contributed by atoms with Gasteiger partial charge in [0.25, 0.3) is 0 Å². The summed E-state index contributed by atoms with van der Waals surface area (Å²) in [6.45, 7) is 4.43. The first-order chi connectivity index (χ1) is 10.1. The lowest BCUT2D eigenvalue weighted by molar-refractivity contribution is -0.138. The lowest BCUT2D eigenvalue weighted by Crippen LogP contribution is -2.49. The normalized spacial score (nSPS) is 16.6. The van der Waals surface area contributed by atoms with E-state index < -0.39 is 5.97 Å². The lowest BCUT2D eigenvalue weighted by Gasteiger charge is -2.35. The zero-order valence-electron chi connectivity index (χ0n) is 12.1. The molecule has 2 heterocycles. The van der Waals surface area contributed by atoms with Gasteiger partial charge in [-0.25, -0.2) is 9.97 Å². The van der Waals surface area contributed by atoms with Crippen LogP contribution in [0.25, 0.3) is 0 Å². The third kappa shape index (κ3) is 4.40. The van der Waals surface area contributed by atoms with Crippen LogP contribution in [-0.4, -0.2) is 58.0 Å². The Morgan fingerprint density at radius 2 is 1.81 bits per heavy atom. The quantitative estimate of drug-likeness (QED) is 0.856. The Morgan fingerprint density at radius 3 is 2.38 bits per heavy atom. The largest absolute Gasteiger partial charge is 0.481 e. The molecule has 0 radical (unpaired) electrons. The van der Waals surface area contributed by atoms with E-state index in [1.807, 2.05) is 4.90 Å². The Balaban J connectivity index is 1.81. The highest BCUT2D eigenvalue weighted by molar-refractivity contribution is 5.77. The molecule has 1 N–H and O–H groups in total. The first-order valence-electron chi connectivity index (χ1n) is 7.08. The molecule has 1 aliphatic rings. The van der Waals surface area contributed by atoms with Crippen LogP contribution in [0.4, 0.5) is 5.95 Å². The van der Waals surface area contributed by atoms with Crippen LogP contribution in [0.5, 0.6) is 0 Å². The molecule has 1 fully saturated rings. The fourth-order valence-corrected chi connectivity index (χ4v) is 2.41. The van der Waals surface area contributed by atoms with Crippen molar-refractivity contribution in [1.82, 2.24) is 14.9 Å². The monoisotopic (exact) mass is 292 g/mol. The minimum Gasteiger partial charge on any atom is -0.481 e. The van der Waals surface area contributed by atoms with Crippen molar-refractivity contribution in [2.45, 2.75) is 19.8 Å². The number of carboxylic acids is 1. The molecule has 0 aromatic carbocycles. The number of carbonyl (C=O) groups is 2. The summed E-state index contributed by atoms with van der Waals surface area (Å²) in [6, 6.07) is 1.77. The molecule has 1 aliphatic heterocycles. The van der Waals surface area contributed by atoms with Crippen molar-refractivity contribution >= 4 is 17.8 Å². The molecule has 1 saturated heterocycles. The van der Waals surface area contributed by atoms with Gasteiger partial charge in [0, 0.05) is 51.4 Å². The molecule has 1 aromatic heterocycles. The fraction of sp³-hybridized carbons (Fsp3) is 0.571. The number of carboxylic acid groups (broad SMARTS) is 1. The van der Waals surface area contributed by atoms with Gasteiger partial charge in [0.05, 0.1) is 0 Å². The Labute approximate surface area is 123 Å². The molecule has 7 heteroatoms. The summed E-state index contributed by atoms with van der Waals surface area (Å²) in [4.78, 5) is 35.0. The topological polar surface area (TPSA) is 86.6 Å². The summed E-state index contributed by atoms with van der Waals surface area (Å²) in [6.07, 6.45) is 3.72. The fourth-order valence-electron chi connectivity index (χ4n) is 2.41. The predicted molar refractivity (Wildman–Crippen MR) is 76.9 cm³/mol. The molecule has 0 aliphatic carbocycles. The van der Waals surface area contributed by atoms with Crippen LogP contribution >= 0.6 is 0 Å². The minimum atomic E-state index is -0.860. The van der Waals surface area contributed by atoms with E-state index in [9.17, 15) is 9.59 Å². The van der Waals surface area contributed by atoms with Crippen LogP contribution < -0.4 is 4.90 Å². The van der Waals surface area contributed by atoms with Gasteiger partial charge in [0.1, 0.15) is 0 Å². The Kier molecular flexibility index (Phi) is 5.08. The number of hydrogen-bond donors (Lipinski definition) is 1. The van der Waals surface area contributed by atoms with Gasteiger partial charge in [-0.1, -0.05) is 6.92 Å². The average Bonchev–Trinajstić information content (AvgIpc) is 2.47. The molecular formula is C14H20N4O3. The van der Waals surface area contributed by atoms with E-state index >= 15 is 0 Å². The summed E-state index contributed by atoms with van der Waals surface area (Å²) in [7, 11) is 0. The maximum absolute atomic E-state index is 12.1. The van der Waals surface area contributed by atoms with Gasteiger partial charge in [-0.2, -0.15) is 0 Å². The van der Waals surface area contributed by atoms with E-state index in [4.69, 9.17) is 5.11 Å². The van der Waals surface area contributed by atoms with Crippen LogP contribution in [0.2, 0.25) is 0 Å². The van der Waals surface area contributed by atoms with Crippen molar-refractivity contribution in [3.05, 3.63) is 18.5 Å². The van der Waals surface area contributed by atoms with Crippen molar-refractivity contribution in [2.75, 3.05) is 31.1 Å². The molecule has 1 unspecified atom stereocenters. The Hall–Kier alpha value is -2.18. The number of aromatic nitrogens is 2. The second-order valence-corrected chi connectivity index (χ2v) is 5.32. The number of anilines is 1. The third-order valence-corrected chi connectivity index (χ3v) is 3.51. The highest BCUT2D eigenvalue weighted by Gasteiger charge is 2.23. The van der Waals surface area contributed by atoms with E-state index in [-0.39, 0.29) is 24.7 Å². The van der Waals surface area contributed by atoms with E-state index in [2.05, 4.69) is 9.97 Å². The molecule has 21 heavy (non-hydrogen) atoms. The summed E-state index contributed by atoms with van der Waals surface area (Å²) in [5.41, 5.74) is 0. The number of piperazine rings is 1. The SMILES string of the molecule is CC(CC(=O)O)CC(=O)N1CCN(c2ncccn2)CC1. The third-order valence-electron chi connectivity index (χ3n) is 3.51. The van der Waals surface area contributed by atoms with Gasteiger partial charge in [-0.3, -0.25) is 9.59 Å². The highest BCUT2D eigenvalue weighted by atomic mass is 16.4. The van der Waals surface area contributed by atoms with Crippen molar-refractivity contribution in [1.29, 1.82) is 0 Å². The number of nitrogens with zero attached hydrogens (tertiary/aromatic N) is 4. The number of carbonyl (C=O) groups excluding carboxylic acids is 1. The number of rotatable bonds is 5. The van der Waals surface area contributed by atoms with Gasteiger partial charge in [-0.15, -0.1) is 0 Å². The van der Waals surface area contributed by atoms with Crippen LogP contribution in [-0.2, 0) is 9.59 Å². The van der Waals surface area contributed by atoms with E-state index in [0.29, 0.717) is 32.1 Å². The van der Waals surface area contributed by atoms with Gasteiger partial charge < -0.3 is 14.9 Å². The van der Waals surface area contributed by atoms with Crippen LogP contribution in [0.3, 0.4) is 0 Å². The van der Waals surface area contributed by atoms with Crippen molar-refractivity contribution in [3.8, 4) is 0 Å². The zero-order chi connectivity index (χ0) is 15.2. The maximum Gasteiger partial charge on any atom is 0.303 e. The van der Waals surface area contributed by atoms with Gasteiger partial charge in [0.15, 0.2) is 0 Å². The number of hydrogen-bond acceptors (Lipinski definition) is 5. The Morgan fingerprint density at radius 1 is 1.19 bits per heavy atom. The summed E-state index contributed by atoms with van der Waals surface area (Å²) in [5, 5.41) is 8.72. The van der Waals surface area contributed by atoms with Crippen LogP contribution in [0, 0.1) is 5.92 Å². The molecule has 1 amide bonds. The van der Waals surface area contributed by atoms with E-state index in [1.54, 1.807) is 30.3 Å². The second kappa shape index (κ2) is 7.01. The standard InChI is InChI=1S/C14H20N4O3/c1-11(10-13(20)21)9-12(19)17-5-7-18(8-6-17)14-15-3-2-4-16-14/h2-4,11H,5-10H2,1H3,(H,20,21). The molecule has 1 atom stereocenters. The minimum absolute atomic E-state index is 0.0254. The molecule has 114 valence electrons. The highest BCUT2D eigenvalue weighted by Crippen LogP contribution is 2.14. The number of aliphatic carboxylic acids is 1. The second-order valence-electron chi connectivity index (χ2n) is 5.32. The smallest absolute Gasteiger partial charge is 0.303 e. The van der Waals surface area contributed by atoms with E-state index in [0.717, 1.165) is 0 Å². The lowest BCUT2D eigenvalue weighted by atomic mass is 10.0. The maximum atomic E-state index is 12.1. The number of amides is 1. The van der Waals surface area contributed by atoms with Crippen molar-refractivity contribution < 1.29 is 14.7 Å². The average molecular weight is 292 g/mol. The molecule has 0 spiro atoms. The van der Waals surface area contributed by atoms with Gasteiger partial charge in [-0.05, 0) is 12.0 Å². The van der Waals surface area contributed by atoms with Gasteiger partial charge >= 0.3 is 5.97 Å². The Bertz CT molecular complexity index is 486. The first-order valence-corrected chi connectivity index (χ1v) is 7.08. The molecule has 0 saturated carbocycles. The van der Waals surface area contributed by atoms with Crippen LogP contribution in [0.15, 0.2) is 18.5 Å². The molecule has 0 bridgehead atoms. The molecule has 1 aromatic rings. The van der Waals surface area contributed by atoms with Gasteiger partial charge in [0.2, 0.25) is 11.9 Å². The first kappa shape index (κ1) is 15.2. The van der Waals surface area contributed by atoms with Crippen molar-refractivity contribution in [2.24, 2.45) is 5.92 Å². The zero-order valence-corrected chi connectivity index (χ0v) is 12.1. The summed E-state index contributed by atoms with van der Waals surface area (Å²) < 4.78 is 0. The van der Waals surface area contributed by atoms with Crippen molar-refractivity contribution in [3.63, 3.8) is 0 Å². The van der Waals surface area contributed by atoms with E-state index in [1.165, 1.54) is 0 Å². The summed E-state index contributed by atoms with van der Waals surface area (Å²) in [5.74, 6) is -0.284. The molecule has 2 rings (SSSR count). The summed E-state index contributed by atoms with van der Waals surface area (Å²) >= 11 is 0. The predicted octanol–water partition coefficient (Wildman–Crippen LogP) is 0.626. The molecule has 7 nitrogen and oxygen atoms in total. The molecular weight excluding hydrogens is 272 g/mol. The van der Waals surface area contributed by atoms with Crippen LogP contribution in [0.1, 0.15) is 19.8 Å².